The lowest BCUT2D eigenvalue weighted by molar-refractivity contribution is -0.137. The maximum absolute atomic E-state index is 12.5. The third-order valence-electron chi connectivity index (χ3n) is 4.72. The van der Waals surface area contributed by atoms with E-state index in [1.54, 1.807) is 6.20 Å². The summed E-state index contributed by atoms with van der Waals surface area (Å²) in [5.41, 5.74) is 1.34. The molecule has 2 N–H and O–H groups in total. The molecule has 8 nitrogen and oxygen atoms in total. The lowest BCUT2D eigenvalue weighted by Crippen LogP contribution is -2.40. The number of rotatable bonds is 5. The van der Waals surface area contributed by atoms with Crippen LogP contribution in [0.5, 0.6) is 0 Å². The Morgan fingerprint density at radius 1 is 1.41 bits per heavy atom. The van der Waals surface area contributed by atoms with Crippen LogP contribution in [-0.2, 0) is 16.0 Å². The Kier molecular flexibility index (Phi) is 5.04. The zero-order valence-electron chi connectivity index (χ0n) is 14.7. The fourth-order valence-corrected chi connectivity index (χ4v) is 4.44. The SMILES string of the molecule is O=C(O)CN1CCc2sc(-c3ccnc(NC4CCOCC4)n3)cc2C1=O. The van der Waals surface area contributed by atoms with E-state index in [0.29, 0.717) is 30.5 Å². The lowest BCUT2D eigenvalue weighted by Gasteiger charge is -2.24. The maximum Gasteiger partial charge on any atom is 0.323 e. The number of aromatic nitrogens is 2. The molecule has 0 bridgehead atoms. The molecule has 0 unspecified atom stereocenters. The summed E-state index contributed by atoms with van der Waals surface area (Å²) >= 11 is 1.53. The van der Waals surface area contributed by atoms with E-state index in [1.165, 1.54) is 16.2 Å². The first-order valence-electron chi connectivity index (χ1n) is 8.91. The van der Waals surface area contributed by atoms with Crippen LogP contribution >= 0.6 is 11.3 Å². The second-order valence-electron chi connectivity index (χ2n) is 6.61. The minimum absolute atomic E-state index is 0.226. The van der Waals surface area contributed by atoms with Crippen molar-refractivity contribution in [2.45, 2.75) is 25.3 Å². The first kappa shape index (κ1) is 17.9. The summed E-state index contributed by atoms with van der Waals surface area (Å²) in [6, 6.07) is 3.94. The molecule has 142 valence electrons. The van der Waals surface area contributed by atoms with Gasteiger partial charge in [-0.2, -0.15) is 0 Å². The fraction of sp³-hybridized carbons (Fsp3) is 0.444. The van der Waals surface area contributed by atoms with Gasteiger partial charge in [0.05, 0.1) is 16.1 Å². The van der Waals surface area contributed by atoms with Crippen molar-refractivity contribution >= 4 is 29.2 Å². The quantitative estimate of drug-likeness (QED) is 0.806. The molecule has 2 aromatic heterocycles. The predicted octanol–water partition coefficient (Wildman–Crippen LogP) is 1.88. The summed E-state index contributed by atoms with van der Waals surface area (Å²) in [5, 5.41) is 12.3. The molecule has 2 aliphatic rings. The molecule has 1 saturated heterocycles. The van der Waals surface area contributed by atoms with Crippen LogP contribution in [0.25, 0.3) is 10.6 Å². The normalized spacial score (nSPS) is 17.6. The summed E-state index contributed by atoms with van der Waals surface area (Å²) in [6.45, 7) is 1.64. The van der Waals surface area contributed by atoms with Gasteiger partial charge in [-0.3, -0.25) is 9.59 Å². The maximum atomic E-state index is 12.5. The van der Waals surface area contributed by atoms with E-state index >= 15 is 0 Å². The van der Waals surface area contributed by atoms with Gasteiger partial charge in [-0.15, -0.1) is 11.3 Å². The molecule has 2 aliphatic heterocycles. The Morgan fingerprint density at radius 2 is 2.22 bits per heavy atom. The van der Waals surface area contributed by atoms with Crippen molar-refractivity contribution in [1.29, 1.82) is 0 Å². The highest BCUT2D eigenvalue weighted by Gasteiger charge is 2.28. The Labute approximate surface area is 160 Å². The number of aliphatic carboxylic acids is 1. The number of hydrogen-bond donors (Lipinski definition) is 2. The largest absolute Gasteiger partial charge is 0.480 e. The molecule has 0 saturated carbocycles. The number of hydrogen-bond acceptors (Lipinski definition) is 7. The average Bonchev–Trinajstić information content (AvgIpc) is 3.10. The standard InChI is InChI=1S/C18H20N4O4S/c23-16(24)10-22-6-2-14-12(17(22)25)9-15(27-14)13-1-5-19-18(21-13)20-11-3-7-26-8-4-11/h1,5,9,11H,2-4,6-8,10H2,(H,23,24)(H,19,20,21). The van der Waals surface area contributed by atoms with Gasteiger partial charge in [0.1, 0.15) is 6.54 Å². The smallest absolute Gasteiger partial charge is 0.323 e. The van der Waals surface area contributed by atoms with E-state index in [1.807, 2.05) is 12.1 Å². The number of nitrogens with zero attached hydrogens (tertiary/aromatic N) is 3. The van der Waals surface area contributed by atoms with Gasteiger partial charge in [0.2, 0.25) is 5.95 Å². The highest BCUT2D eigenvalue weighted by atomic mass is 32.1. The monoisotopic (exact) mass is 388 g/mol. The molecule has 0 atom stereocenters. The second-order valence-corrected chi connectivity index (χ2v) is 7.75. The molecule has 2 aromatic rings. The van der Waals surface area contributed by atoms with Gasteiger partial charge in [0.25, 0.3) is 5.91 Å². The summed E-state index contributed by atoms with van der Waals surface area (Å²) in [4.78, 5) is 35.6. The van der Waals surface area contributed by atoms with Crippen molar-refractivity contribution in [1.82, 2.24) is 14.9 Å². The Hall–Kier alpha value is -2.52. The highest BCUT2D eigenvalue weighted by molar-refractivity contribution is 7.15. The van der Waals surface area contributed by atoms with Crippen LogP contribution in [0.3, 0.4) is 0 Å². The zero-order valence-corrected chi connectivity index (χ0v) is 15.5. The number of carbonyl (C=O) groups excluding carboxylic acids is 1. The molecular formula is C18H20N4O4S. The minimum atomic E-state index is -0.998. The number of carboxylic acids is 1. The number of anilines is 1. The van der Waals surface area contributed by atoms with E-state index in [-0.39, 0.29) is 12.5 Å². The zero-order chi connectivity index (χ0) is 18.8. The fourth-order valence-electron chi connectivity index (χ4n) is 3.33. The van der Waals surface area contributed by atoms with Gasteiger partial charge >= 0.3 is 5.97 Å². The molecule has 0 aromatic carbocycles. The van der Waals surface area contributed by atoms with Crippen molar-refractivity contribution in [2.24, 2.45) is 0 Å². The number of thiophene rings is 1. The molecule has 9 heteroatoms. The Balaban J connectivity index is 1.54. The minimum Gasteiger partial charge on any atom is -0.480 e. The molecule has 4 rings (SSSR count). The van der Waals surface area contributed by atoms with Crippen LogP contribution in [0, 0.1) is 0 Å². The number of carbonyl (C=O) groups is 2. The van der Waals surface area contributed by atoms with Crippen molar-refractivity contribution in [3.05, 3.63) is 28.8 Å². The van der Waals surface area contributed by atoms with E-state index in [4.69, 9.17) is 9.84 Å². The Bertz CT molecular complexity index is 863. The number of amides is 1. The van der Waals surface area contributed by atoms with Crippen LogP contribution in [0.2, 0.25) is 0 Å². The average molecular weight is 388 g/mol. The van der Waals surface area contributed by atoms with E-state index in [0.717, 1.165) is 41.5 Å². The molecule has 1 fully saturated rings. The number of carboxylic acid groups (broad SMARTS) is 1. The molecular weight excluding hydrogens is 368 g/mol. The topological polar surface area (TPSA) is 105 Å². The van der Waals surface area contributed by atoms with Gasteiger partial charge in [0.15, 0.2) is 0 Å². The molecule has 0 aliphatic carbocycles. The summed E-state index contributed by atoms with van der Waals surface area (Å²) in [6.07, 6.45) is 4.22. The first-order valence-corrected chi connectivity index (χ1v) is 9.73. The summed E-state index contributed by atoms with van der Waals surface area (Å²) in [7, 11) is 0. The van der Waals surface area contributed by atoms with Crippen molar-refractivity contribution < 1.29 is 19.4 Å². The Morgan fingerprint density at radius 3 is 3.00 bits per heavy atom. The van der Waals surface area contributed by atoms with Gasteiger partial charge < -0.3 is 20.1 Å². The first-order chi connectivity index (χ1) is 13.1. The molecule has 0 radical (unpaired) electrons. The summed E-state index contributed by atoms with van der Waals surface area (Å²) < 4.78 is 5.37. The van der Waals surface area contributed by atoms with Crippen LogP contribution < -0.4 is 5.32 Å². The lowest BCUT2D eigenvalue weighted by atomic mass is 10.1. The van der Waals surface area contributed by atoms with Crippen LogP contribution in [0.1, 0.15) is 28.1 Å². The van der Waals surface area contributed by atoms with E-state index < -0.39 is 5.97 Å². The van der Waals surface area contributed by atoms with Crippen LogP contribution in [0.15, 0.2) is 18.3 Å². The van der Waals surface area contributed by atoms with Gasteiger partial charge in [0, 0.05) is 43.3 Å². The molecule has 4 heterocycles. The molecule has 27 heavy (non-hydrogen) atoms. The van der Waals surface area contributed by atoms with Crippen molar-refractivity contribution in [2.75, 3.05) is 31.6 Å². The number of fused-ring (bicyclic) bond motifs is 1. The third kappa shape index (κ3) is 3.93. The van der Waals surface area contributed by atoms with Crippen molar-refractivity contribution in [3.8, 4) is 10.6 Å². The van der Waals surface area contributed by atoms with Crippen LogP contribution in [0.4, 0.5) is 5.95 Å². The van der Waals surface area contributed by atoms with E-state index in [2.05, 4.69) is 15.3 Å². The van der Waals surface area contributed by atoms with E-state index in [9.17, 15) is 9.59 Å². The number of ether oxygens (including phenoxy) is 1. The second kappa shape index (κ2) is 7.61. The van der Waals surface area contributed by atoms with Gasteiger partial charge in [-0.1, -0.05) is 0 Å². The summed E-state index contributed by atoms with van der Waals surface area (Å²) in [5.74, 6) is -0.651. The van der Waals surface area contributed by atoms with Crippen LogP contribution in [-0.4, -0.2) is 64.2 Å². The van der Waals surface area contributed by atoms with Gasteiger partial charge in [-0.25, -0.2) is 9.97 Å². The van der Waals surface area contributed by atoms with Crippen molar-refractivity contribution in [3.63, 3.8) is 0 Å². The number of nitrogens with one attached hydrogen (secondary N) is 1. The van der Waals surface area contributed by atoms with Gasteiger partial charge in [-0.05, 0) is 25.0 Å². The highest BCUT2D eigenvalue weighted by Crippen LogP contribution is 2.34. The molecule has 0 spiro atoms. The third-order valence-corrected chi connectivity index (χ3v) is 5.94. The predicted molar refractivity (Wildman–Crippen MR) is 100 cm³/mol. The molecule has 1 amide bonds.